The van der Waals surface area contributed by atoms with Gasteiger partial charge in [0, 0.05) is 26.2 Å². The van der Waals surface area contributed by atoms with Gasteiger partial charge < -0.3 is 10.6 Å². The van der Waals surface area contributed by atoms with Gasteiger partial charge in [-0.15, -0.1) is 0 Å². The predicted molar refractivity (Wildman–Crippen MR) is 67.4 cm³/mol. The summed E-state index contributed by atoms with van der Waals surface area (Å²) in [5.74, 6) is -0.244. The van der Waals surface area contributed by atoms with Crippen LogP contribution in [0.4, 0.5) is 0 Å². The molecule has 0 saturated heterocycles. The number of nitrogens with one attached hydrogen (secondary N) is 2. The average Bonchev–Trinajstić information content (AvgIpc) is 2.28. The predicted octanol–water partition coefficient (Wildman–Crippen LogP) is 0.254. The molecule has 5 nitrogen and oxygen atoms in total. The molecule has 1 aromatic rings. The molecule has 0 atom stereocenters. The highest BCUT2D eigenvalue weighted by Gasteiger charge is 2.01. The largest absolute Gasteiger partial charge is 0.314 e. The molecule has 0 heterocycles. The van der Waals surface area contributed by atoms with Crippen molar-refractivity contribution in [1.82, 2.24) is 10.6 Å². The van der Waals surface area contributed by atoms with E-state index in [1.54, 1.807) is 0 Å². The minimum absolute atomic E-state index is 0.244. The van der Waals surface area contributed by atoms with Gasteiger partial charge >= 0.3 is 0 Å². The minimum Gasteiger partial charge on any atom is -0.314 e. The lowest BCUT2D eigenvalue weighted by atomic mass is 10.2. The van der Waals surface area contributed by atoms with Gasteiger partial charge in [0.05, 0.1) is 5.75 Å². The van der Waals surface area contributed by atoms with Crippen molar-refractivity contribution in [3.8, 4) is 0 Å². The highest BCUT2D eigenvalue weighted by Crippen LogP contribution is 1.96. The molecule has 0 saturated carbocycles. The Kier molecular flexibility index (Phi) is 6.13. The van der Waals surface area contributed by atoms with Crippen LogP contribution in [0.2, 0.25) is 0 Å². The molecular weight excluding hydrogens is 240 g/mol. The fourth-order valence-electron chi connectivity index (χ4n) is 1.33. The zero-order valence-electron chi connectivity index (χ0n) is 9.59. The van der Waals surface area contributed by atoms with E-state index >= 15 is 0 Å². The Bertz CT molecular complexity index is 406. The molecule has 0 aliphatic heterocycles. The lowest BCUT2D eigenvalue weighted by molar-refractivity contribution is 0.480. The third-order valence-electron chi connectivity index (χ3n) is 2.19. The first kappa shape index (κ1) is 14.1. The fourth-order valence-corrected chi connectivity index (χ4v) is 1.73. The van der Waals surface area contributed by atoms with E-state index < -0.39 is 10.1 Å². The van der Waals surface area contributed by atoms with Crippen molar-refractivity contribution >= 4 is 10.1 Å². The van der Waals surface area contributed by atoms with Gasteiger partial charge in [-0.2, -0.15) is 8.42 Å². The summed E-state index contributed by atoms with van der Waals surface area (Å²) in [6, 6.07) is 10.0. The van der Waals surface area contributed by atoms with E-state index in [4.69, 9.17) is 4.55 Å². The molecule has 0 aliphatic rings. The van der Waals surface area contributed by atoms with Crippen LogP contribution in [0.1, 0.15) is 5.56 Å². The van der Waals surface area contributed by atoms with E-state index in [1.807, 2.05) is 30.3 Å². The maximum absolute atomic E-state index is 10.4. The van der Waals surface area contributed by atoms with Crippen LogP contribution in [-0.2, 0) is 16.7 Å². The lowest BCUT2D eigenvalue weighted by Crippen LogP contribution is -2.30. The van der Waals surface area contributed by atoms with E-state index in [-0.39, 0.29) is 12.3 Å². The van der Waals surface area contributed by atoms with Gasteiger partial charge in [-0.05, 0) is 5.56 Å². The van der Waals surface area contributed by atoms with Crippen LogP contribution >= 0.6 is 0 Å². The van der Waals surface area contributed by atoms with Crippen LogP contribution in [0.15, 0.2) is 30.3 Å². The zero-order chi connectivity index (χ0) is 12.6. The molecule has 0 unspecified atom stereocenters. The second-order valence-electron chi connectivity index (χ2n) is 3.70. The van der Waals surface area contributed by atoms with Crippen LogP contribution in [0.5, 0.6) is 0 Å². The summed E-state index contributed by atoms with van der Waals surface area (Å²) in [5, 5.41) is 6.15. The van der Waals surface area contributed by atoms with E-state index in [9.17, 15) is 8.42 Å². The highest BCUT2D eigenvalue weighted by molar-refractivity contribution is 7.85. The monoisotopic (exact) mass is 258 g/mol. The molecule has 0 aliphatic carbocycles. The average molecular weight is 258 g/mol. The first-order valence-corrected chi connectivity index (χ1v) is 7.09. The van der Waals surface area contributed by atoms with Gasteiger partial charge in [-0.1, -0.05) is 30.3 Å². The molecule has 1 aromatic carbocycles. The SMILES string of the molecule is O=S(=O)(O)CCNCCNCc1ccccc1. The Labute approximate surface area is 102 Å². The number of rotatable bonds is 8. The smallest absolute Gasteiger partial charge is 0.266 e. The van der Waals surface area contributed by atoms with Gasteiger partial charge in [0.1, 0.15) is 0 Å². The quantitative estimate of drug-likeness (QED) is 0.460. The Morgan fingerprint density at radius 2 is 1.65 bits per heavy atom. The Morgan fingerprint density at radius 3 is 2.29 bits per heavy atom. The Morgan fingerprint density at radius 1 is 1.00 bits per heavy atom. The van der Waals surface area contributed by atoms with E-state index in [1.165, 1.54) is 5.56 Å². The van der Waals surface area contributed by atoms with Gasteiger partial charge in [0.25, 0.3) is 10.1 Å². The minimum atomic E-state index is -3.84. The van der Waals surface area contributed by atoms with Crippen molar-refractivity contribution in [3.05, 3.63) is 35.9 Å². The highest BCUT2D eigenvalue weighted by atomic mass is 32.2. The van der Waals surface area contributed by atoms with Crippen LogP contribution < -0.4 is 10.6 Å². The van der Waals surface area contributed by atoms with Crippen molar-refractivity contribution in [1.29, 1.82) is 0 Å². The summed E-state index contributed by atoms with van der Waals surface area (Å²) in [6.07, 6.45) is 0. The van der Waals surface area contributed by atoms with E-state index in [0.717, 1.165) is 13.1 Å². The van der Waals surface area contributed by atoms with Gasteiger partial charge in [-0.3, -0.25) is 4.55 Å². The molecular formula is C11H18N2O3S. The first-order chi connectivity index (χ1) is 8.08. The van der Waals surface area contributed by atoms with Crippen molar-refractivity contribution in [2.75, 3.05) is 25.4 Å². The summed E-state index contributed by atoms with van der Waals surface area (Å²) < 4.78 is 29.3. The number of hydrogen-bond acceptors (Lipinski definition) is 4. The van der Waals surface area contributed by atoms with Gasteiger partial charge in [0.2, 0.25) is 0 Å². The summed E-state index contributed by atoms with van der Waals surface area (Å²) in [4.78, 5) is 0. The van der Waals surface area contributed by atoms with Crippen LogP contribution in [-0.4, -0.2) is 38.4 Å². The third kappa shape index (κ3) is 7.87. The molecule has 17 heavy (non-hydrogen) atoms. The lowest BCUT2D eigenvalue weighted by Gasteiger charge is -2.05. The maximum Gasteiger partial charge on any atom is 0.266 e. The second kappa shape index (κ2) is 7.39. The summed E-state index contributed by atoms with van der Waals surface area (Å²) in [6.45, 7) is 2.48. The standard InChI is InChI=1S/C11H18N2O3S/c14-17(15,16)9-8-12-6-7-13-10-11-4-2-1-3-5-11/h1-5,12-13H,6-10H2,(H,14,15,16). The van der Waals surface area contributed by atoms with Crippen LogP contribution in [0.3, 0.4) is 0 Å². The molecule has 0 aromatic heterocycles. The zero-order valence-corrected chi connectivity index (χ0v) is 10.4. The van der Waals surface area contributed by atoms with Crippen molar-refractivity contribution < 1.29 is 13.0 Å². The van der Waals surface area contributed by atoms with Crippen LogP contribution in [0.25, 0.3) is 0 Å². The van der Waals surface area contributed by atoms with Gasteiger partial charge in [-0.25, -0.2) is 0 Å². The molecule has 0 amide bonds. The molecule has 0 fully saturated rings. The van der Waals surface area contributed by atoms with Crippen molar-refractivity contribution in [3.63, 3.8) is 0 Å². The first-order valence-electron chi connectivity index (χ1n) is 5.48. The van der Waals surface area contributed by atoms with Crippen LogP contribution in [0, 0.1) is 0 Å². The molecule has 96 valence electrons. The summed E-state index contributed by atoms with van der Waals surface area (Å²) in [5.41, 5.74) is 1.21. The Hall–Kier alpha value is -0.950. The van der Waals surface area contributed by atoms with Gasteiger partial charge in [0.15, 0.2) is 0 Å². The molecule has 0 bridgehead atoms. The Balaban J connectivity index is 1.99. The normalized spacial score (nSPS) is 11.6. The van der Waals surface area contributed by atoms with E-state index in [0.29, 0.717) is 6.54 Å². The van der Waals surface area contributed by atoms with Crippen molar-refractivity contribution in [2.45, 2.75) is 6.54 Å². The maximum atomic E-state index is 10.4. The molecule has 3 N–H and O–H groups in total. The number of benzene rings is 1. The molecule has 0 spiro atoms. The van der Waals surface area contributed by atoms with Crippen molar-refractivity contribution in [2.24, 2.45) is 0 Å². The topological polar surface area (TPSA) is 78.4 Å². The number of hydrogen-bond donors (Lipinski definition) is 3. The molecule has 6 heteroatoms. The fraction of sp³-hybridized carbons (Fsp3) is 0.455. The summed E-state index contributed by atoms with van der Waals surface area (Å²) >= 11 is 0. The summed E-state index contributed by atoms with van der Waals surface area (Å²) in [7, 11) is -3.84. The third-order valence-corrected chi connectivity index (χ3v) is 2.91. The second-order valence-corrected chi connectivity index (χ2v) is 5.27. The molecule has 0 radical (unpaired) electrons. The van der Waals surface area contributed by atoms with E-state index in [2.05, 4.69) is 10.6 Å². The molecule has 1 rings (SSSR count).